The Kier molecular flexibility index (Phi) is 4.24. The van der Waals surface area contributed by atoms with Gasteiger partial charge in [0.1, 0.15) is 0 Å². The summed E-state index contributed by atoms with van der Waals surface area (Å²) in [6.07, 6.45) is 1.99. The Labute approximate surface area is 89.6 Å². The van der Waals surface area contributed by atoms with Crippen LogP contribution in [0.2, 0.25) is 0 Å². The maximum absolute atomic E-state index is 10.4. The predicted octanol–water partition coefficient (Wildman–Crippen LogP) is 1.30. The molecule has 1 rings (SSSR count). The summed E-state index contributed by atoms with van der Waals surface area (Å²) in [5.41, 5.74) is 2.10. The van der Waals surface area contributed by atoms with E-state index < -0.39 is 5.97 Å². The van der Waals surface area contributed by atoms with E-state index in [2.05, 4.69) is 4.98 Å². The topological polar surface area (TPSA) is 53.4 Å². The lowest BCUT2D eigenvalue weighted by atomic mass is 10.2. The van der Waals surface area contributed by atoms with E-state index in [0.717, 1.165) is 11.3 Å². The first kappa shape index (κ1) is 11.7. The maximum atomic E-state index is 10.4. The first-order chi connectivity index (χ1) is 7.08. The van der Waals surface area contributed by atoms with Gasteiger partial charge in [0.05, 0.1) is 12.1 Å². The van der Waals surface area contributed by atoms with Gasteiger partial charge in [0, 0.05) is 19.3 Å². The van der Waals surface area contributed by atoms with Gasteiger partial charge in [-0.05, 0) is 25.6 Å². The van der Waals surface area contributed by atoms with Gasteiger partial charge >= 0.3 is 5.97 Å². The van der Waals surface area contributed by atoms with Crippen LogP contribution in [0.5, 0.6) is 0 Å². The van der Waals surface area contributed by atoms with E-state index >= 15 is 0 Å². The summed E-state index contributed by atoms with van der Waals surface area (Å²) in [5.74, 6) is -0.765. The molecular formula is C11H16N2O2. The zero-order valence-corrected chi connectivity index (χ0v) is 9.10. The highest BCUT2D eigenvalue weighted by molar-refractivity contribution is 5.66. The third-order valence-electron chi connectivity index (χ3n) is 2.11. The van der Waals surface area contributed by atoms with E-state index in [1.165, 1.54) is 0 Å². The fraction of sp³-hybridized carbons (Fsp3) is 0.455. The van der Waals surface area contributed by atoms with Crippen molar-refractivity contribution >= 4 is 5.97 Å². The molecule has 1 aromatic rings. The number of hydrogen-bond acceptors (Lipinski definition) is 3. The molecule has 0 bridgehead atoms. The minimum Gasteiger partial charge on any atom is -0.481 e. The molecule has 0 spiro atoms. The molecular weight excluding hydrogens is 192 g/mol. The second kappa shape index (κ2) is 5.46. The van der Waals surface area contributed by atoms with Crippen LogP contribution in [0.3, 0.4) is 0 Å². The number of nitrogens with zero attached hydrogens (tertiary/aromatic N) is 2. The average Bonchev–Trinajstić information content (AvgIpc) is 2.19. The third-order valence-corrected chi connectivity index (χ3v) is 2.11. The summed E-state index contributed by atoms with van der Waals surface area (Å²) in [6.45, 7) is 3.23. The lowest BCUT2D eigenvalue weighted by Crippen LogP contribution is -2.21. The molecule has 1 aromatic heterocycles. The molecule has 1 heterocycles. The molecule has 0 saturated heterocycles. The Morgan fingerprint density at radius 2 is 2.27 bits per heavy atom. The fourth-order valence-electron chi connectivity index (χ4n) is 1.23. The van der Waals surface area contributed by atoms with Gasteiger partial charge in [0.2, 0.25) is 0 Å². The van der Waals surface area contributed by atoms with Crippen molar-refractivity contribution in [3.05, 3.63) is 29.6 Å². The van der Waals surface area contributed by atoms with Crippen molar-refractivity contribution < 1.29 is 9.90 Å². The van der Waals surface area contributed by atoms with Crippen LogP contribution in [0, 0.1) is 6.92 Å². The average molecular weight is 208 g/mol. The van der Waals surface area contributed by atoms with Crippen LogP contribution in [0.4, 0.5) is 0 Å². The van der Waals surface area contributed by atoms with Crippen molar-refractivity contribution in [2.24, 2.45) is 0 Å². The van der Waals surface area contributed by atoms with Crippen molar-refractivity contribution in [3.8, 4) is 0 Å². The minimum absolute atomic E-state index is 0.169. The third kappa shape index (κ3) is 4.56. The smallest absolute Gasteiger partial charge is 0.304 e. The molecule has 0 aliphatic carbocycles. The van der Waals surface area contributed by atoms with E-state index in [-0.39, 0.29) is 6.42 Å². The highest BCUT2D eigenvalue weighted by Crippen LogP contribution is 2.02. The van der Waals surface area contributed by atoms with Crippen LogP contribution in [-0.4, -0.2) is 34.6 Å². The molecule has 15 heavy (non-hydrogen) atoms. The molecule has 82 valence electrons. The van der Waals surface area contributed by atoms with Crippen molar-refractivity contribution in [2.45, 2.75) is 19.9 Å². The van der Waals surface area contributed by atoms with Crippen LogP contribution in [0.25, 0.3) is 0 Å². The second-order valence-electron chi connectivity index (χ2n) is 3.71. The van der Waals surface area contributed by atoms with Crippen LogP contribution >= 0.6 is 0 Å². The normalized spacial score (nSPS) is 10.6. The fourth-order valence-corrected chi connectivity index (χ4v) is 1.23. The Morgan fingerprint density at radius 1 is 1.53 bits per heavy atom. The van der Waals surface area contributed by atoms with Gasteiger partial charge in [-0.2, -0.15) is 0 Å². The Bertz CT molecular complexity index is 322. The van der Waals surface area contributed by atoms with E-state index in [1.807, 2.05) is 37.2 Å². The number of carboxylic acids is 1. The summed E-state index contributed by atoms with van der Waals surface area (Å²) < 4.78 is 0. The number of aliphatic carboxylic acids is 1. The first-order valence-electron chi connectivity index (χ1n) is 4.90. The summed E-state index contributed by atoms with van der Waals surface area (Å²) in [5, 5.41) is 8.52. The summed E-state index contributed by atoms with van der Waals surface area (Å²) in [6, 6.07) is 3.97. The number of aromatic nitrogens is 1. The zero-order chi connectivity index (χ0) is 11.3. The Balaban J connectivity index is 2.40. The highest BCUT2D eigenvalue weighted by atomic mass is 16.4. The van der Waals surface area contributed by atoms with E-state index in [9.17, 15) is 4.79 Å². The Morgan fingerprint density at radius 3 is 2.80 bits per heavy atom. The highest BCUT2D eigenvalue weighted by Gasteiger charge is 2.03. The molecule has 1 N–H and O–H groups in total. The number of carboxylic acid groups (broad SMARTS) is 1. The van der Waals surface area contributed by atoms with Gasteiger partial charge in [0.25, 0.3) is 0 Å². The number of hydrogen-bond donors (Lipinski definition) is 1. The van der Waals surface area contributed by atoms with Crippen LogP contribution in [0.1, 0.15) is 17.7 Å². The predicted molar refractivity (Wildman–Crippen MR) is 57.6 cm³/mol. The summed E-state index contributed by atoms with van der Waals surface area (Å²) in [7, 11) is 1.89. The maximum Gasteiger partial charge on any atom is 0.304 e. The standard InChI is InChI=1S/C11H16N2O2/c1-9-3-4-10(12-7-9)8-13(2)6-5-11(14)15/h3-4,7H,5-6,8H2,1-2H3,(H,14,15). The zero-order valence-electron chi connectivity index (χ0n) is 9.10. The molecule has 0 aliphatic rings. The monoisotopic (exact) mass is 208 g/mol. The van der Waals surface area contributed by atoms with Crippen molar-refractivity contribution in [1.29, 1.82) is 0 Å². The largest absolute Gasteiger partial charge is 0.481 e. The van der Waals surface area contributed by atoms with Gasteiger partial charge in [0.15, 0.2) is 0 Å². The first-order valence-corrected chi connectivity index (χ1v) is 4.90. The summed E-state index contributed by atoms with van der Waals surface area (Å²) >= 11 is 0. The number of carbonyl (C=O) groups is 1. The van der Waals surface area contributed by atoms with Gasteiger partial charge in [-0.25, -0.2) is 0 Å². The number of rotatable bonds is 5. The van der Waals surface area contributed by atoms with Crippen LogP contribution < -0.4 is 0 Å². The van der Waals surface area contributed by atoms with Crippen molar-refractivity contribution in [1.82, 2.24) is 9.88 Å². The molecule has 0 fully saturated rings. The van der Waals surface area contributed by atoms with Crippen molar-refractivity contribution in [3.63, 3.8) is 0 Å². The van der Waals surface area contributed by atoms with Crippen molar-refractivity contribution in [2.75, 3.05) is 13.6 Å². The molecule has 4 heteroatoms. The molecule has 0 saturated carbocycles. The number of pyridine rings is 1. The molecule has 0 aromatic carbocycles. The SMILES string of the molecule is Cc1ccc(CN(C)CCC(=O)O)nc1. The number of aryl methyl sites for hydroxylation is 1. The van der Waals surface area contributed by atoms with Crippen LogP contribution in [0.15, 0.2) is 18.3 Å². The Hall–Kier alpha value is -1.42. The lowest BCUT2D eigenvalue weighted by Gasteiger charge is -2.14. The van der Waals surface area contributed by atoms with Gasteiger partial charge in [-0.15, -0.1) is 0 Å². The van der Waals surface area contributed by atoms with Gasteiger partial charge < -0.3 is 5.11 Å². The van der Waals surface area contributed by atoms with E-state index in [0.29, 0.717) is 13.1 Å². The van der Waals surface area contributed by atoms with E-state index in [4.69, 9.17) is 5.11 Å². The van der Waals surface area contributed by atoms with Gasteiger partial charge in [-0.3, -0.25) is 14.7 Å². The molecule has 0 radical (unpaired) electrons. The molecule has 0 aliphatic heterocycles. The minimum atomic E-state index is -0.765. The van der Waals surface area contributed by atoms with Crippen LogP contribution in [-0.2, 0) is 11.3 Å². The van der Waals surface area contributed by atoms with E-state index in [1.54, 1.807) is 0 Å². The molecule has 0 unspecified atom stereocenters. The second-order valence-corrected chi connectivity index (χ2v) is 3.71. The summed E-state index contributed by atoms with van der Waals surface area (Å²) in [4.78, 5) is 16.6. The lowest BCUT2D eigenvalue weighted by molar-refractivity contribution is -0.137. The van der Waals surface area contributed by atoms with Gasteiger partial charge in [-0.1, -0.05) is 6.07 Å². The quantitative estimate of drug-likeness (QED) is 0.792. The molecule has 0 atom stereocenters. The molecule has 0 amide bonds. The molecule has 4 nitrogen and oxygen atoms in total.